The summed E-state index contributed by atoms with van der Waals surface area (Å²) in [6.45, 7) is 3.41. The van der Waals surface area contributed by atoms with Crippen LogP contribution in [-0.4, -0.2) is 82.0 Å². The zero-order valence-corrected chi connectivity index (χ0v) is 17.7. The molecule has 0 atom stereocenters. The van der Waals surface area contributed by atoms with Gasteiger partial charge in [0.15, 0.2) is 0 Å². The molecule has 1 aromatic carbocycles. The van der Waals surface area contributed by atoms with Crippen molar-refractivity contribution >= 4 is 23.2 Å². The molecule has 4 N–H and O–H groups in total. The number of nitrogens with two attached hydrogens (primary N) is 1. The Balaban J connectivity index is 1.80. The van der Waals surface area contributed by atoms with E-state index < -0.39 is 6.55 Å². The third-order valence-corrected chi connectivity index (χ3v) is 6.04. The van der Waals surface area contributed by atoms with Crippen LogP contribution in [0.1, 0.15) is 18.4 Å². The molecule has 0 radical (unpaired) electrons. The van der Waals surface area contributed by atoms with Crippen molar-refractivity contribution in [2.45, 2.75) is 25.4 Å². The van der Waals surface area contributed by atoms with E-state index in [4.69, 9.17) is 15.9 Å². The molecule has 1 aromatic rings. The Morgan fingerprint density at radius 3 is 2.43 bits per heavy atom. The molecule has 0 aliphatic carbocycles. The number of methoxy groups -OCH3 is 1. The predicted molar refractivity (Wildman–Crippen MR) is 118 cm³/mol. The first-order valence-electron chi connectivity index (χ1n) is 10.3. The molecule has 2 aliphatic heterocycles. The topological polar surface area (TPSA) is 80.9 Å². The highest BCUT2D eigenvalue weighted by atomic mass is 19.3. The van der Waals surface area contributed by atoms with E-state index in [-0.39, 0.29) is 0 Å². The minimum absolute atomic E-state index is 0.348. The van der Waals surface area contributed by atoms with Crippen molar-refractivity contribution in [1.29, 1.82) is 5.41 Å². The smallest absolute Gasteiger partial charge is 0.312 e. The van der Waals surface area contributed by atoms with E-state index in [9.17, 15) is 8.78 Å². The van der Waals surface area contributed by atoms with Gasteiger partial charge in [0.25, 0.3) is 0 Å². The molecule has 0 saturated carbocycles. The number of piperazine rings is 1. The van der Waals surface area contributed by atoms with Gasteiger partial charge in [-0.3, -0.25) is 4.90 Å². The number of piperidine rings is 1. The highest BCUT2D eigenvalue weighted by molar-refractivity contribution is 6.11. The lowest BCUT2D eigenvalue weighted by Crippen LogP contribution is -2.52. The van der Waals surface area contributed by atoms with Gasteiger partial charge in [-0.1, -0.05) is 0 Å². The Hall–Kier alpha value is -2.39. The molecular formula is C21H32F2N6O. The first-order valence-corrected chi connectivity index (χ1v) is 10.3. The summed E-state index contributed by atoms with van der Waals surface area (Å²) in [6, 6.07) is 4.11. The number of nitrogens with zero attached hydrogens (tertiary/aromatic N) is 3. The van der Waals surface area contributed by atoms with Crippen LogP contribution >= 0.6 is 0 Å². The van der Waals surface area contributed by atoms with Gasteiger partial charge in [0, 0.05) is 80.6 Å². The van der Waals surface area contributed by atoms with Gasteiger partial charge < -0.3 is 31.0 Å². The third-order valence-electron chi connectivity index (χ3n) is 6.04. The predicted octanol–water partition coefficient (Wildman–Crippen LogP) is 2.30. The highest BCUT2D eigenvalue weighted by Gasteiger charge is 2.28. The number of allylic oxidation sites excluding steroid dienone is 1. The van der Waals surface area contributed by atoms with E-state index in [0.717, 1.165) is 64.0 Å². The summed E-state index contributed by atoms with van der Waals surface area (Å²) in [5, 5.41) is 9.70. The largest absolute Gasteiger partial charge is 0.495 e. The van der Waals surface area contributed by atoms with Gasteiger partial charge in [0.1, 0.15) is 5.75 Å². The zero-order valence-electron chi connectivity index (χ0n) is 17.7. The molecule has 3 rings (SSSR count). The summed E-state index contributed by atoms with van der Waals surface area (Å²) in [6.07, 6.45) is 4.31. The van der Waals surface area contributed by atoms with Crippen molar-refractivity contribution in [2.75, 3.05) is 64.1 Å². The summed E-state index contributed by atoms with van der Waals surface area (Å²) >= 11 is 0. The molecule has 7 nitrogen and oxygen atoms in total. The molecule has 2 saturated heterocycles. The van der Waals surface area contributed by atoms with E-state index in [1.807, 2.05) is 11.4 Å². The average molecular weight is 423 g/mol. The van der Waals surface area contributed by atoms with Crippen LogP contribution in [0.5, 0.6) is 5.75 Å². The maximum atomic E-state index is 12.7. The van der Waals surface area contributed by atoms with Crippen LogP contribution in [0, 0.1) is 5.41 Å². The molecule has 0 bridgehead atoms. The number of hydrogen-bond acceptors (Lipinski definition) is 7. The summed E-state index contributed by atoms with van der Waals surface area (Å²) in [5.74, 6) is 0.543. The first-order chi connectivity index (χ1) is 14.4. The number of rotatable bonds is 7. The van der Waals surface area contributed by atoms with Crippen molar-refractivity contribution in [3.05, 3.63) is 23.9 Å². The number of ether oxygens (including phenoxy) is 1. The summed E-state index contributed by atoms with van der Waals surface area (Å²) in [4.78, 5) is 7.18. The molecular weight excluding hydrogens is 390 g/mol. The van der Waals surface area contributed by atoms with Crippen LogP contribution in [-0.2, 0) is 0 Å². The molecule has 30 heavy (non-hydrogen) atoms. The quantitative estimate of drug-likeness (QED) is 0.355. The SMILES string of the molecule is COc1cc(N2CCC(N3CCN(C)CC3)CC2)c(/C(C=N)=C/NC(F)F)cc1N. The molecule has 2 aliphatic rings. The zero-order chi connectivity index (χ0) is 21.7. The molecule has 0 spiro atoms. The molecule has 0 unspecified atom stereocenters. The van der Waals surface area contributed by atoms with Gasteiger partial charge in [-0.05, 0) is 26.0 Å². The van der Waals surface area contributed by atoms with Gasteiger partial charge in [-0.25, -0.2) is 0 Å². The number of halogens is 2. The van der Waals surface area contributed by atoms with Crippen molar-refractivity contribution in [1.82, 2.24) is 15.1 Å². The molecule has 0 amide bonds. The molecule has 2 fully saturated rings. The van der Waals surface area contributed by atoms with Crippen LogP contribution in [0.3, 0.4) is 0 Å². The van der Waals surface area contributed by atoms with Crippen LogP contribution in [0.15, 0.2) is 18.3 Å². The van der Waals surface area contributed by atoms with Gasteiger partial charge in [-0.2, -0.15) is 8.78 Å². The summed E-state index contributed by atoms with van der Waals surface area (Å²) in [5.41, 5.74) is 8.34. The Morgan fingerprint density at radius 1 is 1.20 bits per heavy atom. The lowest BCUT2D eigenvalue weighted by Gasteiger charge is -2.43. The fourth-order valence-corrected chi connectivity index (χ4v) is 4.26. The van der Waals surface area contributed by atoms with Gasteiger partial charge in [0.2, 0.25) is 0 Å². The lowest BCUT2D eigenvalue weighted by molar-refractivity contribution is 0.0982. The molecule has 0 aromatic heterocycles. The van der Waals surface area contributed by atoms with Gasteiger partial charge in [0.05, 0.1) is 12.8 Å². The van der Waals surface area contributed by atoms with Crippen LogP contribution < -0.4 is 20.7 Å². The van der Waals surface area contributed by atoms with E-state index in [1.54, 1.807) is 13.2 Å². The van der Waals surface area contributed by atoms with Gasteiger partial charge in [-0.15, -0.1) is 0 Å². The van der Waals surface area contributed by atoms with Crippen LogP contribution in [0.4, 0.5) is 20.2 Å². The molecule has 166 valence electrons. The number of alkyl halides is 2. The van der Waals surface area contributed by atoms with Crippen LogP contribution in [0.2, 0.25) is 0 Å². The maximum Gasteiger partial charge on any atom is 0.312 e. The van der Waals surface area contributed by atoms with Crippen LogP contribution in [0.25, 0.3) is 5.57 Å². The Kier molecular flexibility index (Phi) is 7.49. The van der Waals surface area contributed by atoms with Crippen molar-refractivity contribution < 1.29 is 13.5 Å². The maximum absolute atomic E-state index is 12.7. The number of nitrogen functional groups attached to an aromatic ring is 1. The fraction of sp³-hybridized carbons (Fsp3) is 0.571. The minimum Gasteiger partial charge on any atom is -0.495 e. The fourth-order valence-electron chi connectivity index (χ4n) is 4.26. The second-order valence-electron chi connectivity index (χ2n) is 7.88. The highest BCUT2D eigenvalue weighted by Crippen LogP contribution is 2.36. The van der Waals surface area contributed by atoms with Crippen molar-refractivity contribution in [3.8, 4) is 5.75 Å². The first kappa shape index (κ1) is 22.3. The third kappa shape index (κ3) is 5.20. The number of likely N-dealkylation sites (N-methyl/N-ethyl adjacent to an activating group) is 1. The monoisotopic (exact) mass is 422 g/mol. The van der Waals surface area contributed by atoms with E-state index >= 15 is 0 Å². The summed E-state index contributed by atoms with van der Waals surface area (Å²) in [7, 11) is 3.72. The van der Waals surface area contributed by atoms with E-state index in [2.05, 4.69) is 21.7 Å². The molecule has 9 heteroatoms. The van der Waals surface area contributed by atoms with Crippen molar-refractivity contribution in [3.63, 3.8) is 0 Å². The number of hydrogen-bond donors (Lipinski definition) is 3. The van der Waals surface area contributed by atoms with Gasteiger partial charge >= 0.3 is 6.55 Å². The minimum atomic E-state index is -2.70. The molecule has 2 heterocycles. The second kappa shape index (κ2) is 10.1. The normalized spacial score (nSPS) is 19.9. The number of nitrogens with one attached hydrogen (secondary N) is 2. The second-order valence-corrected chi connectivity index (χ2v) is 7.88. The number of anilines is 2. The summed E-state index contributed by atoms with van der Waals surface area (Å²) < 4.78 is 30.7. The number of benzene rings is 1. The Labute approximate surface area is 177 Å². The Morgan fingerprint density at radius 2 is 1.87 bits per heavy atom. The standard InChI is InChI=1S/C21H32F2N6O/c1-27-7-9-28(10-8-27)16-3-5-29(6-4-16)19-12-20(30-2)18(25)11-17(19)15(13-24)14-26-21(22)23/h11-14,16,21,24,26H,3-10,25H2,1-2H3/b15-14+,24-13?. The van der Waals surface area contributed by atoms with Crippen molar-refractivity contribution in [2.24, 2.45) is 0 Å². The Bertz CT molecular complexity index is 756. The van der Waals surface area contributed by atoms with E-state index in [1.165, 1.54) is 6.20 Å². The lowest BCUT2D eigenvalue weighted by atomic mass is 9.98. The average Bonchev–Trinajstić information content (AvgIpc) is 2.75. The van der Waals surface area contributed by atoms with E-state index in [0.29, 0.717) is 28.6 Å².